The van der Waals surface area contributed by atoms with E-state index in [1.807, 2.05) is 11.8 Å². The van der Waals surface area contributed by atoms with Crippen LogP contribution in [0.5, 0.6) is 0 Å². The van der Waals surface area contributed by atoms with Crippen LogP contribution in [-0.4, -0.2) is 24.1 Å². The van der Waals surface area contributed by atoms with Crippen molar-refractivity contribution >= 4 is 23.1 Å². The van der Waals surface area contributed by atoms with Gasteiger partial charge in [-0.25, -0.2) is 0 Å². The second-order valence-electron chi connectivity index (χ2n) is 3.58. The molecule has 0 aromatic carbocycles. The summed E-state index contributed by atoms with van der Waals surface area (Å²) in [5.41, 5.74) is 1.49. The van der Waals surface area contributed by atoms with Gasteiger partial charge in [-0.2, -0.15) is 23.1 Å². The second-order valence-corrected chi connectivity index (χ2v) is 5.68. The van der Waals surface area contributed by atoms with Crippen LogP contribution in [0.3, 0.4) is 0 Å². The highest BCUT2D eigenvalue weighted by Crippen LogP contribution is 2.12. The highest BCUT2D eigenvalue weighted by molar-refractivity contribution is 7.99. The summed E-state index contributed by atoms with van der Waals surface area (Å²) in [4.78, 5) is 0. The van der Waals surface area contributed by atoms with Crippen molar-refractivity contribution in [2.45, 2.75) is 32.7 Å². The van der Waals surface area contributed by atoms with E-state index in [0.717, 1.165) is 6.54 Å². The Balaban J connectivity index is 2.24. The van der Waals surface area contributed by atoms with E-state index < -0.39 is 0 Å². The molecular weight excluding hydrogens is 222 g/mol. The van der Waals surface area contributed by atoms with E-state index in [4.69, 9.17) is 0 Å². The second kappa shape index (κ2) is 8.20. The molecule has 0 fully saturated rings. The maximum Gasteiger partial charge on any atom is 0.0161 e. The summed E-state index contributed by atoms with van der Waals surface area (Å²) in [6.45, 7) is 5.50. The Labute approximate surface area is 102 Å². The Morgan fingerprint density at radius 2 is 2.33 bits per heavy atom. The van der Waals surface area contributed by atoms with Crippen LogP contribution in [0.1, 0.15) is 25.8 Å². The van der Waals surface area contributed by atoms with E-state index in [9.17, 15) is 0 Å². The molecule has 86 valence electrons. The van der Waals surface area contributed by atoms with Crippen molar-refractivity contribution < 1.29 is 0 Å². The fraction of sp³-hybridized carbons (Fsp3) is 0.667. The van der Waals surface area contributed by atoms with Crippen LogP contribution >= 0.6 is 23.1 Å². The van der Waals surface area contributed by atoms with Crippen LogP contribution in [0.25, 0.3) is 0 Å². The fourth-order valence-electron chi connectivity index (χ4n) is 1.57. The number of aryl methyl sites for hydroxylation is 1. The van der Waals surface area contributed by atoms with Crippen LogP contribution in [-0.2, 0) is 6.42 Å². The molecule has 0 saturated heterocycles. The monoisotopic (exact) mass is 243 g/mol. The van der Waals surface area contributed by atoms with E-state index in [1.54, 1.807) is 11.3 Å². The first-order valence-electron chi connectivity index (χ1n) is 5.69. The van der Waals surface area contributed by atoms with Crippen molar-refractivity contribution in [1.82, 2.24) is 5.32 Å². The molecule has 1 aromatic rings. The van der Waals surface area contributed by atoms with Gasteiger partial charge in [0.05, 0.1) is 0 Å². The van der Waals surface area contributed by atoms with E-state index in [2.05, 4.69) is 36.0 Å². The van der Waals surface area contributed by atoms with Gasteiger partial charge in [0, 0.05) is 11.8 Å². The topological polar surface area (TPSA) is 12.0 Å². The summed E-state index contributed by atoms with van der Waals surface area (Å²) in [7, 11) is 0. The average Bonchev–Trinajstić information content (AvgIpc) is 2.75. The molecule has 0 radical (unpaired) electrons. The first-order valence-corrected chi connectivity index (χ1v) is 7.78. The third kappa shape index (κ3) is 5.59. The van der Waals surface area contributed by atoms with Gasteiger partial charge in [0.2, 0.25) is 0 Å². The Morgan fingerprint density at radius 1 is 1.47 bits per heavy atom. The van der Waals surface area contributed by atoms with Crippen LogP contribution in [0.15, 0.2) is 16.8 Å². The molecule has 0 bridgehead atoms. The fourth-order valence-corrected chi connectivity index (χ4v) is 3.08. The normalized spacial score (nSPS) is 12.9. The molecule has 3 heteroatoms. The molecule has 0 aliphatic heterocycles. The molecule has 1 unspecified atom stereocenters. The summed E-state index contributed by atoms with van der Waals surface area (Å²) < 4.78 is 0. The zero-order valence-electron chi connectivity index (χ0n) is 9.66. The van der Waals surface area contributed by atoms with Crippen molar-refractivity contribution in [3.8, 4) is 0 Å². The van der Waals surface area contributed by atoms with E-state index >= 15 is 0 Å². The van der Waals surface area contributed by atoms with Crippen LogP contribution in [0, 0.1) is 0 Å². The first-order chi connectivity index (χ1) is 7.36. The van der Waals surface area contributed by atoms with Gasteiger partial charge in [-0.3, -0.25) is 0 Å². The number of thiophene rings is 1. The lowest BCUT2D eigenvalue weighted by Gasteiger charge is -2.16. The van der Waals surface area contributed by atoms with Gasteiger partial charge in [-0.15, -0.1) is 0 Å². The molecule has 1 heterocycles. The highest BCUT2D eigenvalue weighted by atomic mass is 32.2. The molecule has 0 amide bonds. The van der Waals surface area contributed by atoms with Crippen LogP contribution in [0.4, 0.5) is 0 Å². The average molecular weight is 243 g/mol. The van der Waals surface area contributed by atoms with Gasteiger partial charge in [-0.1, -0.05) is 13.8 Å². The van der Waals surface area contributed by atoms with Gasteiger partial charge in [0.25, 0.3) is 0 Å². The van der Waals surface area contributed by atoms with Crippen LogP contribution in [0.2, 0.25) is 0 Å². The predicted molar refractivity (Wildman–Crippen MR) is 73.1 cm³/mol. The molecule has 0 aliphatic rings. The molecule has 0 aliphatic carbocycles. The van der Waals surface area contributed by atoms with E-state index in [0.29, 0.717) is 6.04 Å². The van der Waals surface area contributed by atoms with Gasteiger partial charge in [0.1, 0.15) is 0 Å². The minimum atomic E-state index is 0.680. The lowest BCUT2D eigenvalue weighted by atomic mass is 10.1. The number of hydrogen-bond donors (Lipinski definition) is 1. The quantitative estimate of drug-likeness (QED) is 0.751. The Hall–Kier alpha value is 0.01000. The maximum absolute atomic E-state index is 3.56. The first kappa shape index (κ1) is 13.1. The molecule has 1 atom stereocenters. The third-order valence-corrected chi connectivity index (χ3v) is 4.16. The number of nitrogens with one attached hydrogen (secondary N) is 1. The van der Waals surface area contributed by atoms with Crippen molar-refractivity contribution in [1.29, 1.82) is 0 Å². The largest absolute Gasteiger partial charge is 0.313 e. The molecule has 1 aromatic heterocycles. The summed E-state index contributed by atoms with van der Waals surface area (Å²) in [6, 6.07) is 2.92. The van der Waals surface area contributed by atoms with Crippen LogP contribution < -0.4 is 5.32 Å². The molecule has 1 N–H and O–H groups in total. The number of thioether (sulfide) groups is 1. The van der Waals surface area contributed by atoms with Crippen molar-refractivity contribution in [2.75, 3.05) is 18.1 Å². The molecule has 1 rings (SSSR count). The highest BCUT2D eigenvalue weighted by Gasteiger charge is 2.07. The zero-order valence-corrected chi connectivity index (χ0v) is 11.3. The summed E-state index contributed by atoms with van der Waals surface area (Å²) in [6.07, 6.45) is 2.48. The van der Waals surface area contributed by atoms with Gasteiger partial charge < -0.3 is 5.32 Å². The van der Waals surface area contributed by atoms with E-state index in [1.165, 1.54) is 29.9 Å². The number of rotatable bonds is 8. The van der Waals surface area contributed by atoms with Crippen molar-refractivity contribution in [3.05, 3.63) is 22.4 Å². The van der Waals surface area contributed by atoms with Gasteiger partial charge >= 0.3 is 0 Å². The molecule has 0 spiro atoms. The summed E-state index contributed by atoms with van der Waals surface area (Å²) >= 11 is 3.83. The molecule has 15 heavy (non-hydrogen) atoms. The Morgan fingerprint density at radius 3 is 2.93 bits per heavy atom. The Bertz CT molecular complexity index is 234. The SMILES string of the molecule is CCNC(CCc1ccsc1)CSCC. The maximum atomic E-state index is 3.56. The molecular formula is C12H21NS2. The Kier molecular flexibility index (Phi) is 7.14. The molecule has 0 saturated carbocycles. The lowest BCUT2D eigenvalue weighted by molar-refractivity contribution is 0.538. The van der Waals surface area contributed by atoms with Crippen molar-refractivity contribution in [2.24, 2.45) is 0 Å². The summed E-state index contributed by atoms with van der Waals surface area (Å²) in [5, 5.41) is 7.99. The van der Waals surface area contributed by atoms with Crippen molar-refractivity contribution in [3.63, 3.8) is 0 Å². The van der Waals surface area contributed by atoms with Gasteiger partial charge in [-0.05, 0) is 47.5 Å². The zero-order chi connectivity index (χ0) is 10.9. The standard InChI is InChI=1S/C12H21NS2/c1-3-13-12(10-14-4-2)6-5-11-7-8-15-9-11/h7-9,12-13H,3-6,10H2,1-2H3. The predicted octanol–water partition coefficient (Wildman–Crippen LogP) is 3.41. The lowest BCUT2D eigenvalue weighted by Crippen LogP contribution is -2.31. The minimum absolute atomic E-state index is 0.680. The minimum Gasteiger partial charge on any atom is -0.313 e. The third-order valence-electron chi connectivity index (χ3n) is 2.38. The summed E-state index contributed by atoms with van der Waals surface area (Å²) in [5.74, 6) is 2.47. The number of hydrogen-bond acceptors (Lipinski definition) is 3. The van der Waals surface area contributed by atoms with Gasteiger partial charge in [0.15, 0.2) is 0 Å². The molecule has 1 nitrogen and oxygen atoms in total. The smallest absolute Gasteiger partial charge is 0.0161 e. The van der Waals surface area contributed by atoms with E-state index in [-0.39, 0.29) is 0 Å².